The molecule has 0 radical (unpaired) electrons. The van der Waals surface area contributed by atoms with E-state index < -0.39 is 18.1 Å². The molecule has 0 unspecified atom stereocenters. The summed E-state index contributed by atoms with van der Waals surface area (Å²) in [6, 6.07) is 2.96. The maximum Gasteiger partial charge on any atom is 0.573 e. The fourth-order valence-electron chi connectivity index (χ4n) is 1.22. The molecule has 1 aromatic rings. The van der Waals surface area contributed by atoms with Gasteiger partial charge in [-0.15, -0.1) is 13.2 Å². The minimum absolute atomic E-state index is 0.118. The molecule has 1 rings (SSSR count). The second-order valence-corrected chi connectivity index (χ2v) is 3.44. The third-order valence-corrected chi connectivity index (χ3v) is 1.89. The van der Waals surface area contributed by atoms with Crippen LogP contribution in [0, 0.1) is 11.8 Å². The highest BCUT2D eigenvalue weighted by atomic mass is 19.4. The van der Waals surface area contributed by atoms with E-state index in [2.05, 4.69) is 16.6 Å². The zero-order valence-electron chi connectivity index (χ0n) is 9.62. The van der Waals surface area contributed by atoms with Crippen LogP contribution in [0.2, 0.25) is 0 Å². The van der Waals surface area contributed by atoms with Gasteiger partial charge in [-0.25, -0.2) is 4.79 Å². The molecule has 19 heavy (non-hydrogen) atoms. The van der Waals surface area contributed by atoms with Gasteiger partial charge >= 0.3 is 12.3 Å². The minimum Gasteiger partial charge on any atom is -0.478 e. The first-order valence-electron chi connectivity index (χ1n) is 5.15. The Morgan fingerprint density at radius 3 is 2.58 bits per heavy atom. The molecule has 0 spiro atoms. The summed E-state index contributed by atoms with van der Waals surface area (Å²) in [5.41, 5.74) is 5.00. The molecule has 0 saturated carbocycles. The lowest BCUT2D eigenvalue weighted by atomic mass is 10.1. The Morgan fingerprint density at radius 2 is 2.05 bits per heavy atom. The van der Waals surface area contributed by atoms with E-state index in [-0.39, 0.29) is 11.1 Å². The van der Waals surface area contributed by atoms with Gasteiger partial charge in [0.25, 0.3) is 0 Å². The van der Waals surface area contributed by atoms with Gasteiger partial charge in [-0.05, 0) is 18.2 Å². The Bertz CT molecular complexity index is 529. The Kier molecular flexibility index (Phi) is 4.78. The Morgan fingerprint density at radius 1 is 1.37 bits per heavy atom. The van der Waals surface area contributed by atoms with Crippen LogP contribution in [-0.4, -0.2) is 24.0 Å². The Hall–Kier alpha value is -2.20. The molecule has 0 aliphatic rings. The number of rotatable bonds is 3. The normalized spacial score (nSPS) is 10.5. The summed E-state index contributed by atoms with van der Waals surface area (Å²) < 4.78 is 40.0. The highest BCUT2D eigenvalue weighted by molar-refractivity contribution is 5.88. The summed E-state index contributed by atoms with van der Waals surface area (Å²) in [5, 5.41) is 8.80. The van der Waals surface area contributed by atoms with E-state index >= 15 is 0 Å². The summed E-state index contributed by atoms with van der Waals surface area (Å²) >= 11 is 0. The highest BCUT2D eigenvalue weighted by Crippen LogP contribution is 2.25. The first-order chi connectivity index (χ1) is 8.81. The van der Waals surface area contributed by atoms with E-state index in [0.717, 1.165) is 18.2 Å². The molecule has 3 N–H and O–H groups in total. The molecule has 0 aromatic heterocycles. The van der Waals surface area contributed by atoms with E-state index in [4.69, 9.17) is 10.8 Å². The number of aromatic carboxylic acids is 1. The third kappa shape index (κ3) is 5.31. The first kappa shape index (κ1) is 14.9. The number of carboxylic acids is 1. The lowest BCUT2D eigenvalue weighted by Gasteiger charge is -2.09. The maximum absolute atomic E-state index is 12.1. The minimum atomic E-state index is -4.89. The number of nitrogens with two attached hydrogens (primary N) is 1. The lowest BCUT2D eigenvalue weighted by molar-refractivity contribution is -0.274. The van der Waals surface area contributed by atoms with Crippen LogP contribution in [0.5, 0.6) is 5.75 Å². The van der Waals surface area contributed by atoms with Crippen LogP contribution in [0.4, 0.5) is 13.2 Å². The molecule has 0 fully saturated rings. The Labute approximate surface area is 107 Å². The van der Waals surface area contributed by atoms with Crippen molar-refractivity contribution in [1.82, 2.24) is 0 Å². The van der Waals surface area contributed by atoms with Crippen molar-refractivity contribution in [3.05, 3.63) is 29.3 Å². The lowest BCUT2D eigenvalue weighted by Crippen LogP contribution is -2.17. The van der Waals surface area contributed by atoms with Crippen molar-refractivity contribution in [2.75, 3.05) is 6.54 Å². The number of alkyl halides is 3. The SMILES string of the molecule is NCCC#Cc1cc(OC(F)(F)F)cc(C(=O)O)c1. The number of carboxylic acid groups (broad SMARTS) is 1. The zero-order valence-corrected chi connectivity index (χ0v) is 9.62. The molecule has 0 amide bonds. The number of hydrogen-bond donors (Lipinski definition) is 2. The maximum atomic E-state index is 12.1. The van der Waals surface area contributed by atoms with Gasteiger partial charge in [0.2, 0.25) is 0 Å². The van der Waals surface area contributed by atoms with Crippen LogP contribution in [0.25, 0.3) is 0 Å². The summed E-state index contributed by atoms with van der Waals surface area (Å²) in [6.45, 7) is 0.303. The summed E-state index contributed by atoms with van der Waals surface area (Å²) in [6.07, 6.45) is -4.54. The number of benzene rings is 1. The van der Waals surface area contributed by atoms with Gasteiger partial charge in [0.1, 0.15) is 5.75 Å². The monoisotopic (exact) mass is 273 g/mol. The highest BCUT2D eigenvalue weighted by Gasteiger charge is 2.31. The average Bonchev–Trinajstić information content (AvgIpc) is 2.26. The fourth-order valence-corrected chi connectivity index (χ4v) is 1.22. The number of ether oxygens (including phenoxy) is 1. The van der Waals surface area contributed by atoms with E-state index in [0.29, 0.717) is 13.0 Å². The second kappa shape index (κ2) is 6.11. The van der Waals surface area contributed by atoms with Gasteiger partial charge in [-0.2, -0.15) is 0 Å². The van der Waals surface area contributed by atoms with Crippen LogP contribution >= 0.6 is 0 Å². The molecule has 1 aromatic carbocycles. The van der Waals surface area contributed by atoms with Crippen molar-refractivity contribution < 1.29 is 27.8 Å². The number of carbonyl (C=O) groups is 1. The molecule has 0 heterocycles. The van der Waals surface area contributed by atoms with Gasteiger partial charge in [-0.3, -0.25) is 0 Å². The van der Waals surface area contributed by atoms with Gasteiger partial charge in [0, 0.05) is 18.5 Å². The molecule has 7 heteroatoms. The van der Waals surface area contributed by atoms with Crippen molar-refractivity contribution in [3.8, 4) is 17.6 Å². The van der Waals surface area contributed by atoms with E-state index in [1.807, 2.05) is 0 Å². The van der Waals surface area contributed by atoms with Gasteiger partial charge < -0.3 is 15.6 Å². The first-order valence-corrected chi connectivity index (χ1v) is 5.15. The average molecular weight is 273 g/mol. The molecule has 0 bridgehead atoms. The van der Waals surface area contributed by atoms with Gasteiger partial charge in [0.15, 0.2) is 0 Å². The van der Waals surface area contributed by atoms with Crippen LogP contribution in [-0.2, 0) is 0 Å². The fraction of sp³-hybridized carbons (Fsp3) is 0.250. The molecule has 0 aliphatic carbocycles. The van der Waals surface area contributed by atoms with E-state index in [9.17, 15) is 18.0 Å². The van der Waals surface area contributed by atoms with Gasteiger partial charge in [0.05, 0.1) is 5.56 Å². The molecular formula is C12H10F3NO3. The Balaban J connectivity index is 3.12. The summed E-state index contributed by atoms with van der Waals surface area (Å²) in [7, 11) is 0. The molecular weight excluding hydrogens is 263 g/mol. The van der Waals surface area contributed by atoms with Crippen LogP contribution in [0.3, 0.4) is 0 Å². The molecule has 0 saturated heterocycles. The van der Waals surface area contributed by atoms with Crippen LogP contribution < -0.4 is 10.5 Å². The van der Waals surface area contributed by atoms with Crippen molar-refractivity contribution in [1.29, 1.82) is 0 Å². The molecule has 102 valence electrons. The second-order valence-electron chi connectivity index (χ2n) is 3.44. The smallest absolute Gasteiger partial charge is 0.478 e. The molecule has 0 atom stereocenters. The van der Waals surface area contributed by atoms with Gasteiger partial charge in [-0.1, -0.05) is 11.8 Å². The quantitative estimate of drug-likeness (QED) is 0.826. The standard InChI is InChI=1S/C12H10F3NO3/c13-12(14,15)19-10-6-8(3-1-2-4-16)5-9(7-10)11(17)18/h5-7H,2,4,16H2,(H,17,18). The van der Waals surface area contributed by atoms with Crippen molar-refractivity contribution in [2.24, 2.45) is 5.73 Å². The van der Waals surface area contributed by atoms with Crippen LogP contribution in [0.15, 0.2) is 18.2 Å². The van der Waals surface area contributed by atoms with E-state index in [1.165, 1.54) is 0 Å². The number of hydrogen-bond acceptors (Lipinski definition) is 3. The van der Waals surface area contributed by atoms with Crippen molar-refractivity contribution in [2.45, 2.75) is 12.8 Å². The number of halogens is 3. The predicted molar refractivity (Wildman–Crippen MR) is 60.6 cm³/mol. The van der Waals surface area contributed by atoms with Crippen molar-refractivity contribution >= 4 is 5.97 Å². The van der Waals surface area contributed by atoms with E-state index in [1.54, 1.807) is 0 Å². The summed E-state index contributed by atoms with van der Waals surface area (Å²) in [4.78, 5) is 10.8. The topological polar surface area (TPSA) is 72.5 Å². The largest absolute Gasteiger partial charge is 0.573 e. The van der Waals surface area contributed by atoms with Crippen molar-refractivity contribution in [3.63, 3.8) is 0 Å². The third-order valence-electron chi connectivity index (χ3n) is 1.89. The predicted octanol–water partition coefficient (Wildman–Crippen LogP) is 1.98. The molecule has 0 aliphatic heterocycles. The molecule has 4 nitrogen and oxygen atoms in total. The summed E-state index contributed by atoms with van der Waals surface area (Å²) in [5.74, 6) is 3.14. The zero-order chi connectivity index (χ0) is 14.5. The van der Waals surface area contributed by atoms with Crippen LogP contribution in [0.1, 0.15) is 22.3 Å².